The van der Waals surface area contributed by atoms with Crippen molar-refractivity contribution < 1.29 is 39.2 Å². The monoisotopic (exact) mass is 360 g/mol. The van der Waals surface area contributed by atoms with Gasteiger partial charge in [0.25, 0.3) is 0 Å². The van der Waals surface area contributed by atoms with Crippen molar-refractivity contribution in [3.8, 4) is 17.2 Å². The number of hydrogen-bond donors (Lipinski definition) is 3. The van der Waals surface area contributed by atoms with E-state index >= 15 is 0 Å². The zero-order chi connectivity index (χ0) is 19.7. The van der Waals surface area contributed by atoms with Crippen molar-refractivity contribution in [3.05, 3.63) is 54.1 Å². The number of aromatic hydroxyl groups is 2. The summed E-state index contributed by atoms with van der Waals surface area (Å²) >= 11 is 0. The zero-order valence-electron chi connectivity index (χ0n) is 13.7. The number of esters is 1. The molecular formula is C18H16O8. The van der Waals surface area contributed by atoms with E-state index in [9.17, 15) is 19.2 Å². The van der Waals surface area contributed by atoms with E-state index in [1.54, 1.807) is 0 Å². The molecule has 8 nitrogen and oxygen atoms in total. The van der Waals surface area contributed by atoms with E-state index in [2.05, 4.69) is 4.74 Å². The van der Waals surface area contributed by atoms with Crippen LogP contribution in [0.4, 0.5) is 0 Å². The molecule has 2 aromatic rings. The number of ether oxygens (including phenoxy) is 1. The molecule has 0 aromatic heterocycles. The molecule has 0 bridgehead atoms. The largest absolute Gasteiger partial charge is 0.508 e. The Bertz CT molecular complexity index is 721. The third-order valence-corrected chi connectivity index (χ3v) is 2.87. The van der Waals surface area contributed by atoms with E-state index in [1.165, 1.54) is 48.5 Å². The third kappa shape index (κ3) is 7.26. The molecule has 2 rings (SSSR count). The first-order valence-corrected chi connectivity index (χ1v) is 7.25. The lowest BCUT2D eigenvalue weighted by Gasteiger charge is -2.00. The Morgan fingerprint density at radius 1 is 0.846 bits per heavy atom. The van der Waals surface area contributed by atoms with Crippen molar-refractivity contribution in [1.82, 2.24) is 0 Å². The van der Waals surface area contributed by atoms with Crippen molar-refractivity contribution in [2.75, 3.05) is 0 Å². The van der Waals surface area contributed by atoms with Gasteiger partial charge in [0.15, 0.2) is 0 Å². The number of aliphatic carboxylic acids is 1. The Morgan fingerprint density at radius 2 is 1.31 bits per heavy atom. The van der Waals surface area contributed by atoms with E-state index < -0.39 is 23.5 Å². The van der Waals surface area contributed by atoms with Crippen molar-refractivity contribution in [2.24, 2.45) is 0 Å². The first-order chi connectivity index (χ1) is 12.2. The number of hydrogen-bond acceptors (Lipinski definition) is 7. The molecule has 0 aliphatic rings. The number of Topliss-reactive ketones (excluding diaryl/α,β-unsaturated/α-hetero) is 2. The molecule has 0 saturated heterocycles. The molecule has 0 amide bonds. The number of benzene rings is 2. The number of rotatable bonds is 5. The SMILES string of the molecule is CC(=O)C(=O)Oc1ccc(O)cc1.O=C(O)C(=O)Cc1ccc(O)cc1. The van der Waals surface area contributed by atoms with Gasteiger partial charge in [-0.3, -0.25) is 9.59 Å². The highest BCUT2D eigenvalue weighted by molar-refractivity contribution is 6.33. The maximum atomic E-state index is 10.8. The topological polar surface area (TPSA) is 138 Å². The smallest absolute Gasteiger partial charge is 0.379 e. The van der Waals surface area contributed by atoms with Crippen LogP contribution < -0.4 is 4.74 Å². The fourth-order valence-electron chi connectivity index (χ4n) is 1.57. The molecule has 2 aromatic carbocycles. The van der Waals surface area contributed by atoms with E-state index in [1.807, 2.05) is 0 Å². The summed E-state index contributed by atoms with van der Waals surface area (Å²) in [6, 6.07) is 11.4. The average Bonchev–Trinajstić information content (AvgIpc) is 2.59. The highest BCUT2D eigenvalue weighted by Crippen LogP contribution is 2.15. The van der Waals surface area contributed by atoms with Gasteiger partial charge in [0, 0.05) is 13.3 Å². The van der Waals surface area contributed by atoms with Gasteiger partial charge < -0.3 is 20.1 Å². The number of phenolic OH excluding ortho intramolecular Hbond substituents is 2. The van der Waals surface area contributed by atoms with Gasteiger partial charge in [0.1, 0.15) is 17.2 Å². The molecule has 136 valence electrons. The summed E-state index contributed by atoms with van der Waals surface area (Å²) < 4.78 is 4.63. The molecule has 0 spiro atoms. The van der Waals surface area contributed by atoms with Crippen LogP contribution in [0.25, 0.3) is 0 Å². The summed E-state index contributed by atoms with van der Waals surface area (Å²) in [5, 5.41) is 26.1. The molecule has 0 unspecified atom stereocenters. The number of carboxylic acid groups (broad SMARTS) is 1. The minimum atomic E-state index is -1.44. The van der Waals surface area contributed by atoms with Gasteiger partial charge in [-0.1, -0.05) is 12.1 Å². The fraction of sp³-hybridized carbons (Fsp3) is 0.111. The normalized spacial score (nSPS) is 9.42. The standard InChI is InChI=1S/2C9H8O4/c1-6(10)9(12)13-8-4-2-7(11)3-5-8;10-7-3-1-6(2-4-7)5-8(11)9(12)13/h2-5,11H,1H3;1-4,10H,5H2,(H,12,13). The third-order valence-electron chi connectivity index (χ3n) is 2.87. The summed E-state index contributed by atoms with van der Waals surface area (Å²) in [7, 11) is 0. The number of carboxylic acids is 1. The Morgan fingerprint density at radius 3 is 1.73 bits per heavy atom. The summed E-state index contributed by atoms with van der Waals surface area (Å²) in [5.41, 5.74) is 0.574. The van der Waals surface area contributed by atoms with Crippen LogP contribution >= 0.6 is 0 Å². The second-order valence-electron chi connectivity index (χ2n) is 5.01. The molecular weight excluding hydrogens is 344 g/mol. The van der Waals surface area contributed by atoms with Crippen molar-refractivity contribution in [1.29, 1.82) is 0 Å². The van der Waals surface area contributed by atoms with E-state index in [0.29, 0.717) is 5.56 Å². The van der Waals surface area contributed by atoms with Crippen molar-refractivity contribution in [3.63, 3.8) is 0 Å². The predicted molar refractivity (Wildman–Crippen MR) is 88.9 cm³/mol. The number of carbonyl (C=O) groups is 4. The van der Waals surface area contributed by atoms with E-state index in [4.69, 9.17) is 15.3 Å². The van der Waals surface area contributed by atoms with Gasteiger partial charge in [-0.15, -0.1) is 0 Å². The quantitative estimate of drug-likeness (QED) is 0.414. The molecule has 0 atom stereocenters. The minimum Gasteiger partial charge on any atom is -0.508 e. The molecule has 0 saturated carbocycles. The first kappa shape index (κ1) is 20.4. The summed E-state index contributed by atoms with van der Waals surface area (Å²) in [5.74, 6) is -3.47. The fourth-order valence-corrected chi connectivity index (χ4v) is 1.57. The maximum Gasteiger partial charge on any atom is 0.379 e. The van der Waals surface area contributed by atoms with Crippen LogP contribution in [-0.2, 0) is 25.6 Å². The van der Waals surface area contributed by atoms with Gasteiger partial charge in [-0.2, -0.15) is 0 Å². The van der Waals surface area contributed by atoms with Gasteiger partial charge in [0.05, 0.1) is 0 Å². The van der Waals surface area contributed by atoms with Crippen molar-refractivity contribution in [2.45, 2.75) is 13.3 Å². The van der Waals surface area contributed by atoms with Gasteiger partial charge in [0.2, 0.25) is 11.6 Å². The molecule has 3 N–H and O–H groups in total. The average molecular weight is 360 g/mol. The first-order valence-electron chi connectivity index (χ1n) is 7.25. The van der Waals surface area contributed by atoms with Crippen LogP contribution in [-0.4, -0.2) is 38.8 Å². The molecule has 0 aliphatic heterocycles. The van der Waals surface area contributed by atoms with Crippen LogP contribution in [0.3, 0.4) is 0 Å². The lowest BCUT2D eigenvalue weighted by atomic mass is 10.1. The summed E-state index contributed by atoms with van der Waals surface area (Å²) in [6.07, 6.45) is -0.143. The number of ketones is 2. The molecule has 26 heavy (non-hydrogen) atoms. The van der Waals surface area contributed by atoms with Crippen molar-refractivity contribution >= 4 is 23.5 Å². The van der Waals surface area contributed by atoms with Crippen LogP contribution in [0, 0.1) is 0 Å². The predicted octanol–water partition coefficient (Wildman–Crippen LogP) is 1.47. The Hall–Kier alpha value is -3.68. The minimum absolute atomic E-state index is 0.0719. The van der Waals surface area contributed by atoms with E-state index in [0.717, 1.165) is 6.92 Å². The number of phenols is 2. The second-order valence-corrected chi connectivity index (χ2v) is 5.01. The lowest BCUT2D eigenvalue weighted by molar-refractivity contribution is -0.148. The Labute approximate surface area is 148 Å². The maximum absolute atomic E-state index is 10.8. The molecule has 0 heterocycles. The van der Waals surface area contributed by atoms with Crippen LogP contribution in [0.1, 0.15) is 12.5 Å². The summed E-state index contributed by atoms with van der Waals surface area (Å²) in [4.78, 5) is 42.2. The Balaban J connectivity index is 0.000000260. The summed E-state index contributed by atoms with van der Waals surface area (Å²) in [6.45, 7) is 1.13. The van der Waals surface area contributed by atoms with Crippen LogP contribution in [0.2, 0.25) is 0 Å². The van der Waals surface area contributed by atoms with Crippen LogP contribution in [0.15, 0.2) is 48.5 Å². The lowest BCUT2D eigenvalue weighted by Crippen LogP contribution is -2.16. The molecule has 0 radical (unpaired) electrons. The van der Waals surface area contributed by atoms with Gasteiger partial charge in [-0.25, -0.2) is 9.59 Å². The van der Waals surface area contributed by atoms with Gasteiger partial charge >= 0.3 is 11.9 Å². The highest BCUT2D eigenvalue weighted by atomic mass is 16.5. The number of carbonyl (C=O) groups excluding carboxylic acids is 3. The van der Waals surface area contributed by atoms with Gasteiger partial charge in [-0.05, 0) is 42.0 Å². The zero-order valence-corrected chi connectivity index (χ0v) is 13.7. The molecule has 0 aliphatic carbocycles. The van der Waals surface area contributed by atoms with Crippen LogP contribution in [0.5, 0.6) is 17.2 Å². The molecule has 0 fully saturated rings. The Kier molecular flexibility index (Phi) is 7.50. The second kappa shape index (κ2) is 9.58. The van der Waals surface area contributed by atoms with E-state index in [-0.39, 0.29) is 23.7 Å². The highest BCUT2D eigenvalue weighted by Gasteiger charge is 2.11. The molecule has 8 heteroatoms.